The number of hydrogen-bond donors (Lipinski definition) is 2. The molecule has 1 aliphatic heterocycles. The van der Waals surface area contributed by atoms with Crippen LogP contribution in [0.1, 0.15) is 5.56 Å². The number of hydrogen-bond acceptors (Lipinski definition) is 4. The number of benzene rings is 2. The van der Waals surface area contributed by atoms with Gasteiger partial charge in [-0.15, -0.1) is 0 Å². The average molecular weight is 446 g/mol. The van der Waals surface area contributed by atoms with Crippen molar-refractivity contribution in [1.29, 1.82) is 0 Å². The molecule has 0 spiro atoms. The van der Waals surface area contributed by atoms with Crippen LogP contribution in [-0.4, -0.2) is 54.8 Å². The standard InChI is InChI=1S/C23H25F3N4O2/c24-23(25,26)18-2-1-3-19(15-18)27-16-22(31)28-20-4-5-21-17(14-20)6-7-30(21)9-8-29-10-12-32-13-11-29/h1-7,14-15,27H,8-13,16H2,(H,28,31). The molecule has 6 nitrogen and oxygen atoms in total. The van der Waals surface area contributed by atoms with E-state index in [1.807, 2.05) is 30.5 Å². The molecule has 2 N–H and O–H groups in total. The number of alkyl halides is 3. The fraction of sp³-hybridized carbons (Fsp3) is 0.348. The van der Waals surface area contributed by atoms with Gasteiger partial charge in [-0.25, -0.2) is 0 Å². The second-order valence-electron chi connectivity index (χ2n) is 7.72. The van der Waals surface area contributed by atoms with Gasteiger partial charge in [0.1, 0.15) is 0 Å². The third-order valence-corrected chi connectivity index (χ3v) is 5.46. The molecule has 1 fully saturated rings. The van der Waals surface area contributed by atoms with Crippen molar-refractivity contribution in [2.45, 2.75) is 12.7 Å². The Kier molecular flexibility index (Phi) is 6.66. The van der Waals surface area contributed by atoms with Crippen molar-refractivity contribution in [1.82, 2.24) is 9.47 Å². The lowest BCUT2D eigenvalue weighted by Gasteiger charge is -2.26. The number of carbonyl (C=O) groups excluding carboxylic acids is 1. The summed E-state index contributed by atoms with van der Waals surface area (Å²) in [5, 5.41) is 6.53. The Hall–Kier alpha value is -3.04. The van der Waals surface area contributed by atoms with E-state index in [0.717, 1.165) is 62.4 Å². The van der Waals surface area contributed by atoms with Gasteiger partial charge in [0, 0.05) is 54.7 Å². The molecule has 2 aromatic carbocycles. The van der Waals surface area contributed by atoms with Gasteiger partial charge in [-0.2, -0.15) is 13.2 Å². The quantitative estimate of drug-likeness (QED) is 0.575. The van der Waals surface area contributed by atoms with Crippen LogP contribution in [0.2, 0.25) is 0 Å². The van der Waals surface area contributed by atoms with E-state index in [-0.39, 0.29) is 18.1 Å². The molecule has 9 heteroatoms. The Morgan fingerprint density at radius 2 is 1.81 bits per heavy atom. The summed E-state index contributed by atoms with van der Waals surface area (Å²) in [5.74, 6) is -0.339. The van der Waals surface area contributed by atoms with Gasteiger partial charge in [0.2, 0.25) is 5.91 Å². The zero-order valence-electron chi connectivity index (χ0n) is 17.5. The van der Waals surface area contributed by atoms with Crippen molar-refractivity contribution in [3.05, 3.63) is 60.3 Å². The number of nitrogens with zero attached hydrogens (tertiary/aromatic N) is 2. The van der Waals surface area contributed by atoms with E-state index < -0.39 is 11.7 Å². The molecule has 4 rings (SSSR count). The molecule has 0 bridgehead atoms. The van der Waals surface area contributed by atoms with Crippen LogP contribution in [0.15, 0.2) is 54.7 Å². The van der Waals surface area contributed by atoms with Gasteiger partial charge >= 0.3 is 6.18 Å². The first-order chi connectivity index (χ1) is 15.4. The fourth-order valence-electron chi connectivity index (χ4n) is 3.74. The number of aromatic nitrogens is 1. The van der Waals surface area contributed by atoms with Crippen molar-refractivity contribution < 1.29 is 22.7 Å². The van der Waals surface area contributed by atoms with Crippen LogP contribution >= 0.6 is 0 Å². The molecular weight excluding hydrogens is 421 g/mol. The summed E-state index contributed by atoms with van der Waals surface area (Å²) in [6.07, 6.45) is -2.39. The molecule has 1 aromatic heterocycles. The average Bonchev–Trinajstić information content (AvgIpc) is 3.19. The van der Waals surface area contributed by atoms with Crippen molar-refractivity contribution in [2.24, 2.45) is 0 Å². The van der Waals surface area contributed by atoms with E-state index in [0.29, 0.717) is 5.69 Å². The Balaban J connectivity index is 1.32. The molecular formula is C23H25F3N4O2. The third kappa shape index (κ3) is 5.60. The monoisotopic (exact) mass is 446 g/mol. The van der Waals surface area contributed by atoms with Gasteiger partial charge < -0.3 is 19.9 Å². The normalized spacial score (nSPS) is 15.1. The maximum atomic E-state index is 12.8. The summed E-state index contributed by atoms with van der Waals surface area (Å²) in [6, 6.07) is 12.5. The number of halogens is 3. The molecule has 0 saturated carbocycles. The van der Waals surface area contributed by atoms with E-state index >= 15 is 0 Å². The third-order valence-electron chi connectivity index (χ3n) is 5.46. The smallest absolute Gasteiger partial charge is 0.379 e. The Morgan fingerprint density at radius 3 is 2.59 bits per heavy atom. The highest BCUT2D eigenvalue weighted by atomic mass is 19.4. The highest BCUT2D eigenvalue weighted by molar-refractivity contribution is 5.96. The van der Waals surface area contributed by atoms with Crippen molar-refractivity contribution in [2.75, 3.05) is 50.0 Å². The SMILES string of the molecule is O=C(CNc1cccc(C(F)(F)F)c1)Nc1ccc2c(ccn2CCN2CCOCC2)c1. The van der Waals surface area contributed by atoms with Gasteiger partial charge in [-0.3, -0.25) is 9.69 Å². The number of anilines is 2. The van der Waals surface area contributed by atoms with E-state index in [1.165, 1.54) is 12.1 Å². The summed E-state index contributed by atoms with van der Waals surface area (Å²) < 4.78 is 46.0. The first-order valence-electron chi connectivity index (χ1n) is 10.5. The number of amides is 1. The first-order valence-corrected chi connectivity index (χ1v) is 10.5. The van der Waals surface area contributed by atoms with E-state index in [4.69, 9.17) is 4.74 Å². The minimum atomic E-state index is -4.42. The van der Waals surface area contributed by atoms with Crippen LogP contribution in [0.4, 0.5) is 24.5 Å². The van der Waals surface area contributed by atoms with Crippen LogP contribution in [-0.2, 0) is 22.3 Å². The molecule has 0 radical (unpaired) electrons. The van der Waals surface area contributed by atoms with E-state index in [2.05, 4.69) is 20.1 Å². The molecule has 1 aliphatic rings. The number of fused-ring (bicyclic) bond motifs is 1. The minimum absolute atomic E-state index is 0.139. The molecule has 1 amide bonds. The molecule has 0 aliphatic carbocycles. The summed E-state index contributed by atoms with van der Waals surface area (Å²) in [4.78, 5) is 14.6. The molecule has 0 atom stereocenters. The molecule has 170 valence electrons. The summed E-state index contributed by atoms with van der Waals surface area (Å²) in [6.45, 7) is 5.13. The topological polar surface area (TPSA) is 58.5 Å². The van der Waals surface area contributed by atoms with Gasteiger partial charge in [0.05, 0.1) is 25.3 Å². The van der Waals surface area contributed by atoms with Crippen LogP contribution in [0, 0.1) is 0 Å². The molecule has 32 heavy (non-hydrogen) atoms. The Morgan fingerprint density at radius 1 is 1.00 bits per heavy atom. The maximum Gasteiger partial charge on any atom is 0.416 e. The molecule has 2 heterocycles. The zero-order chi connectivity index (χ0) is 22.6. The largest absolute Gasteiger partial charge is 0.416 e. The zero-order valence-corrected chi connectivity index (χ0v) is 17.5. The number of morpholine rings is 1. The first kappa shape index (κ1) is 22.2. The maximum absolute atomic E-state index is 12.8. The lowest BCUT2D eigenvalue weighted by Crippen LogP contribution is -2.38. The van der Waals surface area contributed by atoms with E-state index in [1.54, 1.807) is 0 Å². The summed E-state index contributed by atoms with van der Waals surface area (Å²) in [5.41, 5.74) is 1.20. The number of ether oxygens (including phenoxy) is 1. The molecule has 3 aromatic rings. The van der Waals surface area contributed by atoms with Crippen LogP contribution in [0.25, 0.3) is 10.9 Å². The molecule has 0 unspecified atom stereocenters. The minimum Gasteiger partial charge on any atom is -0.379 e. The van der Waals surface area contributed by atoms with Crippen molar-refractivity contribution in [3.63, 3.8) is 0 Å². The number of nitrogens with one attached hydrogen (secondary N) is 2. The van der Waals surface area contributed by atoms with Gasteiger partial charge in [-0.1, -0.05) is 6.07 Å². The molecule has 1 saturated heterocycles. The predicted molar refractivity (Wildman–Crippen MR) is 118 cm³/mol. The Labute approximate surface area is 183 Å². The number of carbonyl (C=O) groups is 1. The van der Waals surface area contributed by atoms with Crippen LogP contribution in [0.5, 0.6) is 0 Å². The van der Waals surface area contributed by atoms with Crippen molar-refractivity contribution in [3.8, 4) is 0 Å². The summed E-state index contributed by atoms with van der Waals surface area (Å²) >= 11 is 0. The van der Waals surface area contributed by atoms with Gasteiger partial charge in [0.15, 0.2) is 0 Å². The Bertz CT molecular complexity index is 1070. The van der Waals surface area contributed by atoms with Crippen LogP contribution < -0.4 is 10.6 Å². The van der Waals surface area contributed by atoms with Crippen molar-refractivity contribution >= 4 is 28.2 Å². The van der Waals surface area contributed by atoms with Gasteiger partial charge in [-0.05, 0) is 42.5 Å². The highest BCUT2D eigenvalue weighted by Gasteiger charge is 2.30. The fourth-order valence-corrected chi connectivity index (χ4v) is 3.74. The van der Waals surface area contributed by atoms with E-state index in [9.17, 15) is 18.0 Å². The van der Waals surface area contributed by atoms with Crippen LogP contribution in [0.3, 0.4) is 0 Å². The second-order valence-corrected chi connectivity index (χ2v) is 7.72. The second kappa shape index (κ2) is 9.62. The lowest BCUT2D eigenvalue weighted by atomic mass is 10.2. The number of rotatable bonds is 7. The highest BCUT2D eigenvalue weighted by Crippen LogP contribution is 2.30. The predicted octanol–water partition coefficient (Wildman–Crippen LogP) is 4.04. The summed E-state index contributed by atoms with van der Waals surface area (Å²) in [7, 11) is 0. The van der Waals surface area contributed by atoms with Gasteiger partial charge in [0.25, 0.3) is 0 Å². The lowest BCUT2D eigenvalue weighted by molar-refractivity contribution is -0.137.